The third kappa shape index (κ3) is 3.65. The molecule has 0 saturated heterocycles. The van der Waals surface area contributed by atoms with Gasteiger partial charge in [0.05, 0.1) is 15.1 Å². The summed E-state index contributed by atoms with van der Waals surface area (Å²) in [5.74, 6) is -0.918. The first-order chi connectivity index (χ1) is 13.5. The van der Waals surface area contributed by atoms with Crippen LogP contribution in [0.4, 0.5) is 0 Å². The van der Waals surface area contributed by atoms with Crippen LogP contribution in [0.15, 0.2) is 54.6 Å². The van der Waals surface area contributed by atoms with Crippen LogP contribution in [-0.2, 0) is 14.9 Å². The van der Waals surface area contributed by atoms with Crippen molar-refractivity contribution in [2.45, 2.75) is 4.75 Å². The smallest absolute Gasteiger partial charge is 0.283 e. The highest BCUT2D eigenvalue weighted by Crippen LogP contribution is 2.53. The molecule has 3 N–H and O–H groups in total. The number of aromatic hydroxyl groups is 2. The molecule has 0 aliphatic carbocycles. The summed E-state index contributed by atoms with van der Waals surface area (Å²) in [5.41, 5.74) is -0.601. The molecule has 0 radical (unpaired) electrons. The van der Waals surface area contributed by atoms with E-state index in [1.807, 2.05) is 0 Å². The molecule has 152 valence electrons. The van der Waals surface area contributed by atoms with Crippen LogP contribution in [0.1, 0.15) is 16.7 Å². The first-order valence-electron chi connectivity index (χ1n) is 7.89. The van der Waals surface area contributed by atoms with E-state index in [4.69, 9.17) is 46.4 Å². The minimum absolute atomic E-state index is 0.0475. The SMILES string of the molecule is O=S(=O)(O)C(c1cccc(O)c1)(c1cccc(Cl)c1)c1c(O)cc(Cl)c(Cl)c1Cl. The fourth-order valence-corrected chi connectivity index (χ4v) is 5.53. The zero-order valence-electron chi connectivity index (χ0n) is 14.3. The summed E-state index contributed by atoms with van der Waals surface area (Å²) in [6.45, 7) is 0. The van der Waals surface area contributed by atoms with Gasteiger partial charge in [-0.2, -0.15) is 8.42 Å². The molecule has 0 amide bonds. The van der Waals surface area contributed by atoms with E-state index in [9.17, 15) is 23.2 Å². The Hall–Kier alpha value is -1.67. The summed E-state index contributed by atoms with van der Waals surface area (Å²) in [4.78, 5) is 0. The molecular weight excluding hydrogens is 482 g/mol. The predicted octanol–water partition coefficient (Wildman–Crippen LogP) is 5.89. The van der Waals surface area contributed by atoms with Gasteiger partial charge in [0.1, 0.15) is 11.5 Å². The van der Waals surface area contributed by atoms with Crippen molar-refractivity contribution in [3.05, 3.63) is 91.4 Å². The Morgan fingerprint density at radius 1 is 0.793 bits per heavy atom. The van der Waals surface area contributed by atoms with Gasteiger partial charge in [-0.1, -0.05) is 70.7 Å². The van der Waals surface area contributed by atoms with Crippen LogP contribution < -0.4 is 0 Å². The second-order valence-electron chi connectivity index (χ2n) is 6.10. The van der Waals surface area contributed by atoms with Crippen LogP contribution in [0.25, 0.3) is 0 Å². The van der Waals surface area contributed by atoms with Crippen LogP contribution in [-0.4, -0.2) is 23.2 Å². The molecule has 3 aromatic carbocycles. The number of hydrogen-bond donors (Lipinski definition) is 3. The molecule has 0 fully saturated rings. The first kappa shape index (κ1) is 22.0. The highest BCUT2D eigenvalue weighted by Gasteiger charge is 2.52. The van der Waals surface area contributed by atoms with E-state index < -0.39 is 31.2 Å². The summed E-state index contributed by atoms with van der Waals surface area (Å²) in [6, 6.07) is 11.8. The Morgan fingerprint density at radius 3 is 1.93 bits per heavy atom. The lowest BCUT2D eigenvalue weighted by molar-refractivity contribution is 0.439. The van der Waals surface area contributed by atoms with Gasteiger partial charge in [-0.3, -0.25) is 4.55 Å². The van der Waals surface area contributed by atoms with Gasteiger partial charge in [0.25, 0.3) is 10.1 Å². The normalized spacial score (nSPS) is 13.8. The van der Waals surface area contributed by atoms with Gasteiger partial charge in [-0.05, 0) is 35.4 Å². The third-order valence-electron chi connectivity index (χ3n) is 4.36. The molecule has 0 saturated carbocycles. The minimum atomic E-state index is -5.11. The van der Waals surface area contributed by atoms with Crippen molar-refractivity contribution < 1.29 is 23.2 Å². The molecule has 5 nitrogen and oxygen atoms in total. The summed E-state index contributed by atoms with van der Waals surface area (Å²) >= 11 is 24.5. The molecule has 3 aromatic rings. The van der Waals surface area contributed by atoms with Crippen molar-refractivity contribution in [1.82, 2.24) is 0 Å². The topological polar surface area (TPSA) is 94.8 Å². The van der Waals surface area contributed by atoms with E-state index in [0.717, 1.165) is 12.1 Å². The largest absolute Gasteiger partial charge is 0.508 e. The van der Waals surface area contributed by atoms with Crippen molar-refractivity contribution in [3.63, 3.8) is 0 Å². The molecule has 0 heterocycles. The standard InChI is InChI=1S/C19H12Cl4O5S/c20-12-5-1-3-10(7-12)19(29(26,27)28,11-4-2-6-13(24)8-11)16-15(25)9-14(21)17(22)18(16)23/h1-9,24-25H,(H,26,27,28). The Labute approximate surface area is 186 Å². The van der Waals surface area contributed by atoms with Gasteiger partial charge < -0.3 is 10.2 Å². The van der Waals surface area contributed by atoms with Crippen molar-refractivity contribution in [1.29, 1.82) is 0 Å². The summed E-state index contributed by atoms with van der Waals surface area (Å²) in [7, 11) is -5.11. The molecular formula is C19H12Cl4O5S. The molecule has 0 aliphatic rings. The van der Waals surface area contributed by atoms with E-state index in [-0.39, 0.29) is 31.9 Å². The van der Waals surface area contributed by atoms with Crippen LogP contribution in [0, 0.1) is 0 Å². The van der Waals surface area contributed by atoms with E-state index >= 15 is 0 Å². The number of hydrogen-bond acceptors (Lipinski definition) is 4. The van der Waals surface area contributed by atoms with Crippen LogP contribution in [0.3, 0.4) is 0 Å². The van der Waals surface area contributed by atoms with Crippen molar-refractivity contribution in [2.75, 3.05) is 0 Å². The zero-order valence-corrected chi connectivity index (χ0v) is 18.1. The van der Waals surface area contributed by atoms with E-state index in [1.54, 1.807) is 0 Å². The third-order valence-corrected chi connectivity index (χ3v) is 7.31. The average Bonchev–Trinajstić information content (AvgIpc) is 2.62. The van der Waals surface area contributed by atoms with Gasteiger partial charge >= 0.3 is 0 Å². The summed E-state index contributed by atoms with van der Waals surface area (Å²) in [6.07, 6.45) is 0. The second kappa shape index (κ2) is 7.87. The number of halogens is 4. The van der Waals surface area contributed by atoms with E-state index in [2.05, 4.69) is 0 Å². The van der Waals surface area contributed by atoms with Crippen LogP contribution >= 0.6 is 46.4 Å². The van der Waals surface area contributed by atoms with Crippen molar-refractivity contribution >= 4 is 56.5 Å². The molecule has 0 aliphatic heterocycles. The number of phenols is 2. The molecule has 0 aromatic heterocycles. The molecule has 0 spiro atoms. The van der Waals surface area contributed by atoms with Crippen molar-refractivity contribution in [2.24, 2.45) is 0 Å². The highest BCUT2D eigenvalue weighted by molar-refractivity contribution is 7.87. The first-order valence-corrected chi connectivity index (χ1v) is 10.8. The monoisotopic (exact) mass is 492 g/mol. The van der Waals surface area contributed by atoms with Gasteiger partial charge in [0, 0.05) is 16.7 Å². The van der Waals surface area contributed by atoms with E-state index in [0.29, 0.717) is 0 Å². The van der Waals surface area contributed by atoms with Gasteiger partial charge in [0.2, 0.25) is 0 Å². The van der Waals surface area contributed by atoms with Gasteiger partial charge in [0.15, 0.2) is 4.75 Å². The number of rotatable bonds is 4. The van der Waals surface area contributed by atoms with Crippen LogP contribution in [0.2, 0.25) is 20.1 Å². The minimum Gasteiger partial charge on any atom is -0.508 e. The summed E-state index contributed by atoms with van der Waals surface area (Å²) < 4.78 is 33.9. The maximum Gasteiger partial charge on any atom is 0.283 e. The van der Waals surface area contributed by atoms with Gasteiger partial charge in [-0.15, -0.1) is 0 Å². The Balaban J connectivity index is 2.64. The van der Waals surface area contributed by atoms with Gasteiger partial charge in [-0.25, -0.2) is 0 Å². The fourth-order valence-electron chi connectivity index (χ4n) is 3.23. The quantitative estimate of drug-likeness (QED) is 0.239. The Bertz CT molecular complexity index is 1170. The lowest BCUT2D eigenvalue weighted by Gasteiger charge is -2.34. The summed E-state index contributed by atoms with van der Waals surface area (Å²) in [5, 5.41) is 20.1. The Kier molecular flexibility index (Phi) is 5.98. The molecule has 10 heteroatoms. The Morgan fingerprint density at radius 2 is 1.38 bits per heavy atom. The second-order valence-corrected chi connectivity index (χ2v) is 9.26. The van der Waals surface area contributed by atoms with Crippen molar-refractivity contribution in [3.8, 4) is 11.5 Å². The van der Waals surface area contributed by atoms with E-state index in [1.165, 1.54) is 42.5 Å². The molecule has 0 bridgehead atoms. The molecule has 29 heavy (non-hydrogen) atoms. The molecule has 3 rings (SSSR count). The molecule has 1 atom stereocenters. The van der Waals surface area contributed by atoms with Crippen LogP contribution in [0.5, 0.6) is 11.5 Å². The number of phenolic OH excluding ortho intramolecular Hbond substituents is 2. The molecule has 1 unspecified atom stereocenters. The maximum absolute atomic E-state index is 13.0. The zero-order chi connectivity index (χ0) is 21.6. The highest BCUT2D eigenvalue weighted by atomic mass is 35.5. The maximum atomic E-state index is 13.0. The lowest BCUT2D eigenvalue weighted by Crippen LogP contribution is -2.38. The predicted molar refractivity (Wildman–Crippen MR) is 114 cm³/mol. The lowest BCUT2D eigenvalue weighted by atomic mass is 9.83. The number of benzene rings is 3. The average molecular weight is 494 g/mol. The fraction of sp³-hybridized carbons (Fsp3) is 0.0526.